The van der Waals surface area contributed by atoms with Crippen LogP contribution in [0, 0.1) is 0 Å². The lowest BCUT2D eigenvalue weighted by Crippen LogP contribution is -2.47. The maximum Gasteiger partial charge on any atom is 0.329 e. The Hall–Kier alpha value is -1.95. The predicted octanol–water partition coefficient (Wildman–Crippen LogP) is 1.46. The van der Waals surface area contributed by atoms with Gasteiger partial charge in [-0.05, 0) is 0 Å². The molecular weight excluding hydrogens is 278 g/mol. The van der Waals surface area contributed by atoms with Crippen molar-refractivity contribution in [3.05, 3.63) is 42.0 Å². The quantitative estimate of drug-likeness (QED) is 0.772. The van der Waals surface area contributed by atoms with Crippen molar-refractivity contribution >= 4 is 29.4 Å². The summed E-state index contributed by atoms with van der Waals surface area (Å²) >= 11 is 1.42. The number of carbonyl (C=O) groups excluding carboxylic acids is 2. The van der Waals surface area contributed by atoms with Crippen LogP contribution < -0.4 is 0 Å². The highest BCUT2D eigenvalue weighted by Crippen LogP contribution is 2.37. The molecule has 0 bridgehead atoms. The van der Waals surface area contributed by atoms with Crippen LogP contribution in [0.4, 0.5) is 0 Å². The fourth-order valence-electron chi connectivity index (χ4n) is 2.23. The van der Waals surface area contributed by atoms with Gasteiger partial charge in [-0.3, -0.25) is 9.69 Å². The number of hydrogen-bond acceptors (Lipinski definition) is 5. The Kier molecular flexibility index (Phi) is 3.40. The average molecular weight is 291 g/mol. The molecule has 0 aliphatic carbocycles. The SMILES string of the molecule is COC(=O)[C@@H]1CS[C@H]2OC(c3ccccc3)=CC(=O)N21. The first-order valence-corrected chi connectivity index (χ1v) is 7.21. The molecule has 0 unspecified atom stereocenters. The van der Waals surface area contributed by atoms with Gasteiger partial charge >= 0.3 is 5.97 Å². The number of hydrogen-bond donors (Lipinski definition) is 0. The largest absolute Gasteiger partial charge is 0.467 e. The van der Waals surface area contributed by atoms with E-state index in [1.54, 1.807) is 0 Å². The molecule has 2 aliphatic rings. The Morgan fingerprint density at radius 1 is 1.40 bits per heavy atom. The third kappa shape index (κ3) is 2.16. The maximum atomic E-state index is 12.2. The Morgan fingerprint density at radius 3 is 2.85 bits per heavy atom. The number of thioether (sulfide) groups is 1. The van der Waals surface area contributed by atoms with Crippen molar-refractivity contribution in [1.29, 1.82) is 0 Å². The van der Waals surface area contributed by atoms with Gasteiger partial charge in [0.05, 0.1) is 7.11 Å². The van der Waals surface area contributed by atoms with Gasteiger partial charge in [0.15, 0.2) is 0 Å². The lowest BCUT2D eigenvalue weighted by Gasteiger charge is -2.31. The van der Waals surface area contributed by atoms with Crippen molar-refractivity contribution in [1.82, 2.24) is 4.90 Å². The van der Waals surface area contributed by atoms with E-state index in [1.807, 2.05) is 30.3 Å². The van der Waals surface area contributed by atoms with E-state index in [2.05, 4.69) is 0 Å². The Bertz CT molecular complexity index is 572. The minimum absolute atomic E-state index is 0.222. The van der Waals surface area contributed by atoms with Crippen LogP contribution in [0.15, 0.2) is 36.4 Å². The van der Waals surface area contributed by atoms with Gasteiger partial charge in [-0.1, -0.05) is 42.1 Å². The lowest BCUT2D eigenvalue weighted by atomic mass is 10.1. The van der Waals surface area contributed by atoms with E-state index in [-0.39, 0.29) is 5.91 Å². The number of rotatable bonds is 2. The van der Waals surface area contributed by atoms with Gasteiger partial charge in [0.1, 0.15) is 11.8 Å². The molecular formula is C14H13NO4S. The number of nitrogens with zero attached hydrogens (tertiary/aromatic N) is 1. The van der Waals surface area contributed by atoms with Crippen molar-refractivity contribution in [3.63, 3.8) is 0 Å². The maximum absolute atomic E-state index is 12.2. The molecule has 5 nitrogen and oxygen atoms in total. The van der Waals surface area contributed by atoms with Crippen molar-refractivity contribution in [2.45, 2.75) is 11.6 Å². The van der Waals surface area contributed by atoms with Crippen LogP contribution in [0.5, 0.6) is 0 Å². The summed E-state index contributed by atoms with van der Waals surface area (Å²) in [7, 11) is 1.32. The molecule has 20 heavy (non-hydrogen) atoms. The first-order chi connectivity index (χ1) is 9.70. The van der Waals surface area contributed by atoms with Crippen LogP contribution in [-0.2, 0) is 19.1 Å². The summed E-state index contributed by atoms with van der Waals surface area (Å²) in [6, 6.07) is 8.86. The molecule has 2 heterocycles. The van der Waals surface area contributed by atoms with Crippen molar-refractivity contribution in [2.75, 3.05) is 12.9 Å². The van der Waals surface area contributed by atoms with Gasteiger partial charge in [0.25, 0.3) is 5.91 Å². The topological polar surface area (TPSA) is 55.8 Å². The second kappa shape index (κ2) is 5.20. The first-order valence-electron chi connectivity index (χ1n) is 6.16. The van der Waals surface area contributed by atoms with Gasteiger partial charge in [0.2, 0.25) is 5.56 Å². The number of esters is 1. The molecule has 1 fully saturated rings. The predicted molar refractivity (Wildman–Crippen MR) is 74.4 cm³/mol. The number of ether oxygens (including phenoxy) is 2. The average Bonchev–Trinajstić information content (AvgIpc) is 2.92. The van der Waals surface area contributed by atoms with E-state index in [0.29, 0.717) is 11.5 Å². The van der Waals surface area contributed by atoms with Crippen LogP contribution in [-0.4, -0.2) is 41.2 Å². The zero-order chi connectivity index (χ0) is 14.1. The van der Waals surface area contributed by atoms with Gasteiger partial charge < -0.3 is 9.47 Å². The summed E-state index contributed by atoms with van der Waals surface area (Å²) in [6.45, 7) is 0. The van der Waals surface area contributed by atoms with E-state index < -0.39 is 17.6 Å². The van der Waals surface area contributed by atoms with Crippen molar-refractivity contribution in [3.8, 4) is 0 Å². The highest BCUT2D eigenvalue weighted by Gasteiger charge is 2.45. The van der Waals surface area contributed by atoms with Crippen LogP contribution in [0.3, 0.4) is 0 Å². The summed E-state index contributed by atoms with van der Waals surface area (Å²) in [5.74, 6) is 0.391. The summed E-state index contributed by atoms with van der Waals surface area (Å²) in [6.07, 6.45) is 1.42. The molecule has 0 N–H and O–H groups in total. The van der Waals surface area contributed by atoms with Crippen LogP contribution in [0.25, 0.3) is 5.76 Å². The Labute approximate surface area is 120 Å². The molecule has 0 spiro atoms. The number of amides is 1. The number of carbonyl (C=O) groups is 2. The smallest absolute Gasteiger partial charge is 0.329 e. The lowest BCUT2D eigenvalue weighted by molar-refractivity contribution is -0.154. The molecule has 1 saturated heterocycles. The zero-order valence-corrected chi connectivity index (χ0v) is 11.6. The number of benzene rings is 1. The monoisotopic (exact) mass is 291 g/mol. The summed E-state index contributed by atoms with van der Waals surface area (Å²) in [4.78, 5) is 25.3. The molecule has 2 aliphatic heterocycles. The molecule has 1 aromatic rings. The highest BCUT2D eigenvalue weighted by molar-refractivity contribution is 8.00. The van der Waals surface area contributed by atoms with Gasteiger partial charge in [-0.2, -0.15) is 0 Å². The molecule has 0 aromatic heterocycles. The zero-order valence-electron chi connectivity index (χ0n) is 10.8. The standard InChI is InChI=1S/C14H13NO4S/c1-18-13(17)10-8-20-14-15(10)12(16)7-11(19-14)9-5-3-2-4-6-9/h2-7,10,14H,8H2,1H3/t10-,14+/m0/s1. The van der Waals surface area contributed by atoms with Crippen LogP contribution in [0.1, 0.15) is 5.56 Å². The third-order valence-corrected chi connectivity index (χ3v) is 4.34. The van der Waals surface area contributed by atoms with Gasteiger partial charge in [0, 0.05) is 17.4 Å². The Morgan fingerprint density at radius 2 is 2.15 bits per heavy atom. The molecule has 1 aromatic carbocycles. The van der Waals surface area contributed by atoms with Gasteiger partial charge in [-0.15, -0.1) is 0 Å². The second-order valence-electron chi connectivity index (χ2n) is 4.42. The van der Waals surface area contributed by atoms with E-state index in [9.17, 15) is 9.59 Å². The fraction of sp³-hybridized carbons (Fsp3) is 0.286. The number of methoxy groups -OCH3 is 1. The highest BCUT2D eigenvalue weighted by atomic mass is 32.2. The molecule has 1 amide bonds. The summed E-state index contributed by atoms with van der Waals surface area (Å²) in [5, 5.41) is 0. The van der Waals surface area contributed by atoms with Gasteiger partial charge in [-0.25, -0.2) is 4.79 Å². The minimum atomic E-state index is -0.573. The molecule has 6 heteroatoms. The van der Waals surface area contributed by atoms with E-state index in [1.165, 1.54) is 29.8 Å². The summed E-state index contributed by atoms with van der Waals surface area (Å²) < 4.78 is 10.5. The molecule has 3 rings (SSSR count). The first kappa shape index (κ1) is 13.1. The van der Waals surface area contributed by atoms with E-state index in [0.717, 1.165) is 5.56 Å². The third-order valence-electron chi connectivity index (χ3n) is 3.23. The van der Waals surface area contributed by atoms with Crippen molar-refractivity contribution < 1.29 is 19.1 Å². The molecule has 2 atom stereocenters. The van der Waals surface area contributed by atoms with E-state index in [4.69, 9.17) is 9.47 Å². The molecule has 104 valence electrons. The molecule has 0 radical (unpaired) electrons. The minimum Gasteiger partial charge on any atom is -0.467 e. The number of fused-ring (bicyclic) bond motifs is 1. The van der Waals surface area contributed by atoms with Crippen LogP contribution in [0.2, 0.25) is 0 Å². The normalized spacial score (nSPS) is 24.8. The molecule has 0 saturated carbocycles. The summed E-state index contributed by atoms with van der Waals surface area (Å²) in [5.41, 5.74) is 0.384. The van der Waals surface area contributed by atoms with Crippen molar-refractivity contribution in [2.24, 2.45) is 0 Å². The Balaban J connectivity index is 1.87. The second-order valence-corrected chi connectivity index (χ2v) is 5.49. The van der Waals surface area contributed by atoms with Crippen LogP contribution >= 0.6 is 11.8 Å². The van der Waals surface area contributed by atoms with E-state index >= 15 is 0 Å². The fourth-order valence-corrected chi connectivity index (χ4v) is 3.46.